The van der Waals surface area contributed by atoms with Gasteiger partial charge in [0, 0.05) is 33.4 Å². The Morgan fingerprint density at radius 3 is 2.31 bits per heavy atom. The number of hydrogen-bond acceptors (Lipinski definition) is 5. The van der Waals surface area contributed by atoms with Crippen LogP contribution >= 0.6 is 34.8 Å². The van der Waals surface area contributed by atoms with E-state index in [0.29, 0.717) is 16.3 Å². The fourth-order valence-electron chi connectivity index (χ4n) is 2.66. The Kier molecular flexibility index (Phi) is 8.22. The highest BCUT2D eigenvalue weighted by molar-refractivity contribution is 7.89. The third kappa shape index (κ3) is 6.27. The van der Waals surface area contributed by atoms with Crippen LogP contribution in [0.4, 0.5) is 0 Å². The maximum Gasteiger partial charge on any atom is 0.255 e. The summed E-state index contributed by atoms with van der Waals surface area (Å²) in [4.78, 5) is 16.5. The standard InChI is InChI=1S/C21H17Cl3N4O3S/c22-15-7-9-17(10-8-15)32(30,31)28(13-18-19(23)5-3-6-20(18)24)14-21(29)27-26-12-16-4-1-2-11-25-16/h1-12H,13-14H2,(H,27,29)/b26-12-. The first-order chi connectivity index (χ1) is 15.3. The topological polar surface area (TPSA) is 91.7 Å². The van der Waals surface area contributed by atoms with E-state index in [1.165, 1.54) is 30.5 Å². The van der Waals surface area contributed by atoms with Gasteiger partial charge in [-0.2, -0.15) is 9.41 Å². The summed E-state index contributed by atoms with van der Waals surface area (Å²) in [7, 11) is -4.09. The second-order valence-electron chi connectivity index (χ2n) is 6.48. The predicted octanol–water partition coefficient (Wildman–Crippen LogP) is 4.38. The first-order valence-corrected chi connectivity index (χ1v) is 11.8. The Labute approximate surface area is 200 Å². The van der Waals surface area contributed by atoms with E-state index in [1.54, 1.807) is 42.6 Å². The highest BCUT2D eigenvalue weighted by Crippen LogP contribution is 2.28. The van der Waals surface area contributed by atoms with Crippen LogP contribution in [0, 0.1) is 0 Å². The molecule has 3 aromatic rings. The van der Waals surface area contributed by atoms with Gasteiger partial charge < -0.3 is 0 Å². The molecule has 0 fully saturated rings. The smallest absolute Gasteiger partial charge is 0.255 e. The first-order valence-electron chi connectivity index (χ1n) is 9.19. The molecule has 166 valence electrons. The van der Waals surface area contributed by atoms with Crippen molar-refractivity contribution in [1.82, 2.24) is 14.7 Å². The highest BCUT2D eigenvalue weighted by atomic mass is 35.5. The van der Waals surface area contributed by atoms with Gasteiger partial charge in [-0.15, -0.1) is 0 Å². The Balaban J connectivity index is 1.85. The average molecular weight is 512 g/mol. The number of benzene rings is 2. The third-order valence-corrected chi connectivity index (χ3v) is 7.01. The van der Waals surface area contributed by atoms with E-state index in [-0.39, 0.29) is 21.5 Å². The van der Waals surface area contributed by atoms with E-state index in [4.69, 9.17) is 34.8 Å². The number of carbonyl (C=O) groups is 1. The summed E-state index contributed by atoms with van der Waals surface area (Å²) >= 11 is 18.3. The van der Waals surface area contributed by atoms with Gasteiger partial charge in [0.15, 0.2) is 0 Å². The van der Waals surface area contributed by atoms with Crippen LogP contribution in [0.15, 0.2) is 76.9 Å². The van der Waals surface area contributed by atoms with Crippen molar-refractivity contribution in [3.63, 3.8) is 0 Å². The van der Waals surface area contributed by atoms with Gasteiger partial charge in [-0.05, 0) is 48.5 Å². The SMILES string of the molecule is O=C(CN(Cc1c(Cl)cccc1Cl)S(=O)(=O)c1ccc(Cl)cc1)N/N=C\c1ccccn1. The molecule has 3 rings (SSSR count). The minimum atomic E-state index is -4.09. The minimum Gasteiger partial charge on any atom is -0.272 e. The number of pyridine rings is 1. The molecular weight excluding hydrogens is 495 g/mol. The van der Waals surface area contributed by atoms with Crippen LogP contribution in [0.3, 0.4) is 0 Å². The minimum absolute atomic E-state index is 0.0325. The van der Waals surface area contributed by atoms with Crippen LogP contribution in [0.25, 0.3) is 0 Å². The quantitative estimate of drug-likeness (QED) is 0.359. The molecule has 0 radical (unpaired) electrons. The van der Waals surface area contributed by atoms with Crippen molar-refractivity contribution in [2.24, 2.45) is 5.10 Å². The third-order valence-electron chi connectivity index (χ3n) is 4.24. The monoisotopic (exact) mass is 510 g/mol. The van der Waals surface area contributed by atoms with Crippen LogP contribution in [-0.2, 0) is 21.4 Å². The van der Waals surface area contributed by atoms with Crippen molar-refractivity contribution in [1.29, 1.82) is 0 Å². The molecule has 1 amide bonds. The van der Waals surface area contributed by atoms with Crippen molar-refractivity contribution in [2.75, 3.05) is 6.54 Å². The normalized spacial score (nSPS) is 11.8. The number of halogens is 3. The fraction of sp³-hybridized carbons (Fsp3) is 0.0952. The second kappa shape index (κ2) is 10.9. The number of aromatic nitrogens is 1. The molecular formula is C21H17Cl3N4O3S. The second-order valence-corrected chi connectivity index (χ2v) is 9.66. The molecule has 7 nitrogen and oxygen atoms in total. The van der Waals surface area contributed by atoms with Crippen molar-refractivity contribution >= 4 is 56.9 Å². The molecule has 1 N–H and O–H groups in total. The number of hydrazone groups is 1. The molecule has 0 spiro atoms. The summed E-state index contributed by atoms with van der Waals surface area (Å²) in [6, 6.07) is 15.7. The Morgan fingerprint density at radius 2 is 1.69 bits per heavy atom. The van der Waals surface area contributed by atoms with Crippen molar-refractivity contribution < 1.29 is 13.2 Å². The van der Waals surface area contributed by atoms with Gasteiger partial charge >= 0.3 is 0 Å². The Morgan fingerprint density at radius 1 is 1.00 bits per heavy atom. The van der Waals surface area contributed by atoms with Gasteiger partial charge in [-0.3, -0.25) is 9.78 Å². The van der Waals surface area contributed by atoms with Gasteiger partial charge in [-0.25, -0.2) is 13.8 Å². The van der Waals surface area contributed by atoms with E-state index in [9.17, 15) is 13.2 Å². The van der Waals surface area contributed by atoms with Gasteiger partial charge in [-0.1, -0.05) is 46.9 Å². The lowest BCUT2D eigenvalue weighted by atomic mass is 10.2. The molecule has 0 saturated heterocycles. The molecule has 32 heavy (non-hydrogen) atoms. The molecule has 0 aliphatic rings. The van der Waals surface area contributed by atoms with Crippen molar-refractivity contribution in [2.45, 2.75) is 11.4 Å². The van der Waals surface area contributed by atoms with Crippen molar-refractivity contribution in [3.8, 4) is 0 Å². The lowest BCUT2D eigenvalue weighted by Crippen LogP contribution is -2.39. The number of hydrogen-bond donors (Lipinski definition) is 1. The lowest BCUT2D eigenvalue weighted by molar-refractivity contribution is -0.121. The molecule has 2 aromatic carbocycles. The summed E-state index contributed by atoms with van der Waals surface area (Å²) in [6.07, 6.45) is 2.93. The molecule has 0 bridgehead atoms. The van der Waals surface area contributed by atoms with Gasteiger partial charge in [0.25, 0.3) is 5.91 Å². The summed E-state index contributed by atoms with van der Waals surface area (Å²) < 4.78 is 27.5. The van der Waals surface area contributed by atoms with Gasteiger partial charge in [0.05, 0.1) is 23.3 Å². The molecule has 1 heterocycles. The average Bonchev–Trinajstić information content (AvgIpc) is 2.76. The van der Waals surface area contributed by atoms with Gasteiger partial charge in [0.2, 0.25) is 10.0 Å². The van der Waals surface area contributed by atoms with Gasteiger partial charge in [0.1, 0.15) is 0 Å². The maximum atomic E-state index is 13.3. The summed E-state index contributed by atoms with van der Waals surface area (Å²) in [5.74, 6) is -0.655. The van der Waals surface area contributed by atoms with Crippen molar-refractivity contribution in [3.05, 3.63) is 93.2 Å². The highest BCUT2D eigenvalue weighted by Gasteiger charge is 2.28. The molecule has 1 aromatic heterocycles. The Bertz CT molecular complexity index is 1200. The van der Waals surface area contributed by atoms with E-state index >= 15 is 0 Å². The van der Waals surface area contributed by atoms with E-state index in [0.717, 1.165) is 4.31 Å². The number of rotatable bonds is 8. The summed E-state index contributed by atoms with van der Waals surface area (Å²) in [5.41, 5.74) is 3.21. The molecule has 0 unspecified atom stereocenters. The number of amides is 1. The zero-order chi connectivity index (χ0) is 23.1. The van der Waals surface area contributed by atoms with E-state index in [2.05, 4.69) is 15.5 Å². The zero-order valence-corrected chi connectivity index (χ0v) is 19.5. The molecule has 0 saturated carbocycles. The number of sulfonamides is 1. The van der Waals surface area contributed by atoms with Crippen LogP contribution in [0.5, 0.6) is 0 Å². The first kappa shape index (κ1) is 24.2. The summed E-state index contributed by atoms with van der Waals surface area (Å²) in [6.45, 7) is -0.743. The largest absolute Gasteiger partial charge is 0.272 e. The number of carbonyl (C=O) groups excluding carboxylic acids is 1. The molecule has 11 heteroatoms. The fourth-order valence-corrected chi connectivity index (χ4v) is 4.67. The number of nitrogens with one attached hydrogen (secondary N) is 1. The van der Waals surface area contributed by atoms with Crippen LogP contribution < -0.4 is 5.43 Å². The molecule has 0 atom stereocenters. The zero-order valence-electron chi connectivity index (χ0n) is 16.5. The van der Waals surface area contributed by atoms with E-state index < -0.39 is 22.5 Å². The maximum absolute atomic E-state index is 13.3. The van der Waals surface area contributed by atoms with Crippen LogP contribution in [-0.4, -0.2) is 36.4 Å². The molecule has 0 aliphatic heterocycles. The van der Waals surface area contributed by atoms with E-state index in [1.807, 2.05) is 0 Å². The van der Waals surface area contributed by atoms with Crippen LogP contribution in [0.1, 0.15) is 11.3 Å². The number of nitrogens with zero attached hydrogens (tertiary/aromatic N) is 3. The van der Waals surface area contributed by atoms with Crippen LogP contribution in [0.2, 0.25) is 15.1 Å². The lowest BCUT2D eigenvalue weighted by Gasteiger charge is -2.22. The Hall–Kier alpha value is -2.49. The summed E-state index contributed by atoms with van der Waals surface area (Å²) in [5, 5.41) is 4.77. The predicted molar refractivity (Wildman–Crippen MR) is 125 cm³/mol. The molecule has 0 aliphatic carbocycles.